The Morgan fingerprint density at radius 3 is 2.50 bits per heavy atom. The van der Waals surface area contributed by atoms with Gasteiger partial charge in [0.25, 0.3) is 0 Å². The van der Waals surface area contributed by atoms with Gasteiger partial charge >= 0.3 is 5.97 Å². The van der Waals surface area contributed by atoms with Crippen LogP contribution in [0.4, 0.5) is 0 Å². The van der Waals surface area contributed by atoms with Crippen molar-refractivity contribution in [3.8, 4) is 11.5 Å². The van der Waals surface area contributed by atoms with Crippen LogP contribution in [0.15, 0.2) is 18.2 Å². The molecule has 0 bridgehead atoms. The van der Waals surface area contributed by atoms with Crippen LogP contribution >= 0.6 is 0 Å². The fourth-order valence-corrected chi connectivity index (χ4v) is 3.88. The molecule has 0 aromatic heterocycles. The Morgan fingerprint density at radius 2 is 1.91 bits per heavy atom. The van der Waals surface area contributed by atoms with E-state index in [-0.39, 0.29) is 23.9 Å². The van der Waals surface area contributed by atoms with Gasteiger partial charge in [-0.2, -0.15) is 0 Å². The van der Waals surface area contributed by atoms with Crippen LogP contribution in [0.25, 0.3) is 0 Å². The first-order chi connectivity index (χ1) is 15.9. The number of fused-ring (bicyclic) bond motifs is 1. The zero-order valence-corrected chi connectivity index (χ0v) is 20.0. The highest BCUT2D eigenvalue weighted by Gasteiger charge is 2.54. The Labute approximate surface area is 197 Å². The number of amides is 1. The van der Waals surface area contributed by atoms with Gasteiger partial charge in [-0.15, -0.1) is 0 Å². The van der Waals surface area contributed by atoms with Crippen LogP contribution in [0, 0.1) is 0 Å². The summed E-state index contributed by atoms with van der Waals surface area (Å²) in [5.41, 5.74) is 0.431. The number of rotatable bonds is 8. The summed E-state index contributed by atoms with van der Waals surface area (Å²) in [4.78, 5) is 35.4. The first-order valence-electron chi connectivity index (χ1n) is 10.9. The average molecular weight is 481 g/mol. The zero-order valence-electron chi connectivity index (χ0n) is 20.0. The van der Waals surface area contributed by atoms with Gasteiger partial charge in [-0.25, -0.2) is 4.79 Å². The molecular weight excluding hydrogens is 450 g/mol. The van der Waals surface area contributed by atoms with Crippen molar-refractivity contribution in [1.82, 2.24) is 5.32 Å². The Hall–Kier alpha value is -2.73. The molecule has 2 fully saturated rings. The Kier molecular flexibility index (Phi) is 7.81. The summed E-state index contributed by atoms with van der Waals surface area (Å²) >= 11 is 0. The molecule has 0 radical (unpaired) electrons. The van der Waals surface area contributed by atoms with Gasteiger partial charge in [0.2, 0.25) is 12.2 Å². The van der Waals surface area contributed by atoms with Crippen molar-refractivity contribution in [3.63, 3.8) is 0 Å². The van der Waals surface area contributed by atoms with Crippen LogP contribution in [-0.2, 0) is 28.5 Å². The van der Waals surface area contributed by atoms with Crippen LogP contribution in [0.3, 0.4) is 0 Å². The molecule has 2 aliphatic heterocycles. The summed E-state index contributed by atoms with van der Waals surface area (Å²) in [6.45, 7) is 7.71. The van der Waals surface area contributed by atoms with Crippen molar-refractivity contribution in [3.05, 3.63) is 23.8 Å². The minimum Gasteiger partial charge on any atom is -0.493 e. The lowest BCUT2D eigenvalue weighted by atomic mass is 9.94. The van der Waals surface area contributed by atoms with Gasteiger partial charge in [0.1, 0.15) is 24.4 Å². The van der Waals surface area contributed by atoms with E-state index in [2.05, 4.69) is 5.32 Å². The van der Waals surface area contributed by atoms with Gasteiger partial charge in [0.15, 0.2) is 29.2 Å². The molecule has 2 aliphatic rings. The quantitative estimate of drug-likeness (QED) is 0.525. The molecule has 6 atom stereocenters. The second-order valence-corrected chi connectivity index (χ2v) is 8.68. The normalized spacial score (nSPS) is 28.8. The van der Waals surface area contributed by atoms with Crippen molar-refractivity contribution in [1.29, 1.82) is 0 Å². The lowest BCUT2D eigenvalue weighted by molar-refractivity contribution is -0.366. The molecule has 2 heterocycles. The van der Waals surface area contributed by atoms with Crippen molar-refractivity contribution in [2.24, 2.45) is 0 Å². The van der Waals surface area contributed by atoms with Crippen molar-refractivity contribution in [2.75, 3.05) is 13.7 Å². The standard InChI is InChI=1S/C23H31NO10/c1-11(25)14-7-8-15(16(9-14)29-6)32-22-18(24-13(3)26)20(31-12(2)21(27)28)19-17(33-22)10-30-23(4,5)34-19/h7-9,12,17-20,22H,10H2,1-6H3,(H,24,26)(H,27,28). The second kappa shape index (κ2) is 10.3. The van der Waals surface area contributed by atoms with E-state index in [0.717, 1.165) is 0 Å². The highest BCUT2D eigenvalue weighted by atomic mass is 16.8. The zero-order chi connectivity index (χ0) is 25.2. The number of carbonyl (C=O) groups excluding carboxylic acids is 2. The number of hydrogen-bond acceptors (Lipinski definition) is 9. The second-order valence-electron chi connectivity index (χ2n) is 8.68. The maximum absolute atomic E-state index is 12.1. The molecule has 0 saturated carbocycles. The smallest absolute Gasteiger partial charge is 0.332 e. The molecule has 34 heavy (non-hydrogen) atoms. The molecule has 188 valence electrons. The van der Waals surface area contributed by atoms with E-state index in [1.165, 1.54) is 33.9 Å². The number of benzene rings is 1. The number of carboxylic acids is 1. The first kappa shape index (κ1) is 25.9. The van der Waals surface area contributed by atoms with Gasteiger partial charge in [-0.05, 0) is 45.9 Å². The average Bonchev–Trinajstić information content (AvgIpc) is 2.75. The van der Waals surface area contributed by atoms with E-state index >= 15 is 0 Å². The minimum atomic E-state index is -1.19. The minimum absolute atomic E-state index is 0.131. The predicted octanol–water partition coefficient (Wildman–Crippen LogP) is 1.52. The Balaban J connectivity index is 1.98. The van der Waals surface area contributed by atoms with E-state index in [1.807, 2.05) is 0 Å². The maximum Gasteiger partial charge on any atom is 0.332 e. The fraction of sp³-hybridized carbons (Fsp3) is 0.609. The molecule has 2 N–H and O–H groups in total. The van der Waals surface area contributed by atoms with Crippen LogP contribution in [0.1, 0.15) is 45.0 Å². The van der Waals surface area contributed by atoms with Crippen LogP contribution in [0.2, 0.25) is 0 Å². The third-order valence-corrected chi connectivity index (χ3v) is 5.55. The molecule has 11 nitrogen and oxygen atoms in total. The van der Waals surface area contributed by atoms with E-state index < -0.39 is 54.4 Å². The Morgan fingerprint density at radius 1 is 1.21 bits per heavy atom. The number of carboxylic acid groups (broad SMARTS) is 1. The first-order valence-corrected chi connectivity index (χ1v) is 10.9. The van der Waals surface area contributed by atoms with Gasteiger partial charge in [-0.3, -0.25) is 9.59 Å². The van der Waals surface area contributed by atoms with E-state index in [9.17, 15) is 19.5 Å². The molecule has 3 rings (SSSR count). The summed E-state index contributed by atoms with van der Waals surface area (Å²) in [7, 11) is 1.43. The number of carbonyl (C=O) groups is 3. The third-order valence-electron chi connectivity index (χ3n) is 5.55. The SMILES string of the molecule is COc1cc(C(C)=O)ccc1OC1OC2COC(C)(C)OC2C(OC(C)C(=O)O)C1NC(C)=O. The number of Topliss-reactive ketones (excluding diaryl/α,β-unsaturated/α-hetero) is 1. The number of hydrogen-bond donors (Lipinski definition) is 2. The Bertz CT molecular complexity index is 932. The molecular formula is C23H31NO10. The van der Waals surface area contributed by atoms with E-state index in [4.69, 9.17) is 28.4 Å². The lowest BCUT2D eigenvalue weighted by Crippen LogP contribution is -2.70. The number of nitrogens with one attached hydrogen (secondary N) is 1. The van der Waals surface area contributed by atoms with E-state index in [1.54, 1.807) is 26.0 Å². The number of ether oxygens (including phenoxy) is 6. The van der Waals surface area contributed by atoms with Crippen molar-refractivity contribution >= 4 is 17.7 Å². The van der Waals surface area contributed by atoms with Gasteiger partial charge in [-0.1, -0.05) is 0 Å². The largest absolute Gasteiger partial charge is 0.493 e. The summed E-state index contributed by atoms with van der Waals surface area (Å²) in [5.74, 6) is -2.15. The maximum atomic E-state index is 12.1. The van der Waals surface area contributed by atoms with Crippen molar-refractivity contribution in [2.45, 2.75) is 77.2 Å². The number of ketones is 1. The number of aliphatic carboxylic acids is 1. The van der Waals surface area contributed by atoms with Crippen LogP contribution < -0.4 is 14.8 Å². The number of methoxy groups -OCH3 is 1. The van der Waals surface area contributed by atoms with Crippen LogP contribution in [0.5, 0.6) is 11.5 Å². The molecule has 1 aromatic rings. The van der Waals surface area contributed by atoms with Gasteiger partial charge in [0.05, 0.1) is 13.7 Å². The molecule has 0 aliphatic carbocycles. The fourth-order valence-electron chi connectivity index (χ4n) is 3.88. The summed E-state index contributed by atoms with van der Waals surface area (Å²) < 4.78 is 35.2. The van der Waals surface area contributed by atoms with Crippen molar-refractivity contribution < 1.29 is 47.9 Å². The molecule has 11 heteroatoms. The predicted molar refractivity (Wildman–Crippen MR) is 117 cm³/mol. The highest BCUT2D eigenvalue weighted by molar-refractivity contribution is 5.94. The summed E-state index contributed by atoms with van der Waals surface area (Å²) in [6.07, 6.45) is -4.66. The van der Waals surface area contributed by atoms with Gasteiger partial charge in [0, 0.05) is 12.5 Å². The molecule has 1 amide bonds. The van der Waals surface area contributed by atoms with Gasteiger partial charge < -0.3 is 38.8 Å². The van der Waals surface area contributed by atoms with E-state index in [0.29, 0.717) is 5.56 Å². The topological polar surface area (TPSA) is 139 Å². The summed E-state index contributed by atoms with van der Waals surface area (Å²) in [6, 6.07) is 3.73. The third kappa shape index (κ3) is 5.84. The highest BCUT2D eigenvalue weighted by Crippen LogP contribution is 2.37. The monoisotopic (exact) mass is 481 g/mol. The molecule has 1 aromatic carbocycles. The molecule has 0 spiro atoms. The van der Waals surface area contributed by atoms with Crippen LogP contribution in [-0.4, -0.2) is 79.0 Å². The molecule has 2 saturated heterocycles. The molecule has 6 unspecified atom stereocenters. The lowest BCUT2D eigenvalue weighted by Gasteiger charge is -2.51. The summed E-state index contributed by atoms with van der Waals surface area (Å²) in [5, 5.41) is 12.2.